The number of hydrogen-bond donors (Lipinski definition) is 1. The fraction of sp³-hybridized carbons (Fsp3) is 0.647. The molecular weight excluding hydrogens is 232 g/mol. The van der Waals surface area contributed by atoms with Gasteiger partial charge in [-0.05, 0) is 44.4 Å². The molecule has 1 aromatic carbocycles. The van der Waals surface area contributed by atoms with Crippen LogP contribution in [-0.2, 0) is 13.0 Å². The molecule has 1 aliphatic heterocycles. The maximum atomic E-state index is 3.55. The largest absolute Gasteiger partial charge is 0.384 e. The van der Waals surface area contributed by atoms with Gasteiger partial charge in [-0.3, -0.25) is 4.90 Å². The van der Waals surface area contributed by atoms with Crippen LogP contribution in [0, 0.1) is 0 Å². The number of nitrogens with one attached hydrogen (secondary N) is 1. The van der Waals surface area contributed by atoms with Crippen molar-refractivity contribution in [2.24, 2.45) is 0 Å². The Morgan fingerprint density at radius 3 is 2.84 bits per heavy atom. The molecule has 2 nitrogen and oxygen atoms in total. The highest BCUT2D eigenvalue weighted by molar-refractivity contribution is 5.61. The highest BCUT2D eigenvalue weighted by Crippen LogP contribution is 2.27. The first-order valence-electron chi connectivity index (χ1n) is 7.81. The van der Waals surface area contributed by atoms with Gasteiger partial charge in [-0.25, -0.2) is 0 Å². The van der Waals surface area contributed by atoms with Gasteiger partial charge >= 0.3 is 0 Å². The molecule has 0 atom stereocenters. The first kappa shape index (κ1) is 14.4. The minimum absolute atomic E-state index is 0.620. The fourth-order valence-corrected chi connectivity index (χ4v) is 2.85. The third kappa shape index (κ3) is 3.73. The van der Waals surface area contributed by atoms with Crippen LogP contribution in [0.3, 0.4) is 0 Å². The molecule has 2 heteroatoms. The maximum absolute atomic E-state index is 3.55. The van der Waals surface area contributed by atoms with Crippen molar-refractivity contribution in [3.63, 3.8) is 0 Å². The molecule has 0 saturated heterocycles. The van der Waals surface area contributed by atoms with Gasteiger partial charge in [0.25, 0.3) is 0 Å². The van der Waals surface area contributed by atoms with E-state index in [2.05, 4.69) is 49.2 Å². The number of fused-ring (bicyclic) bond motifs is 1. The van der Waals surface area contributed by atoms with E-state index in [1.165, 1.54) is 49.0 Å². The van der Waals surface area contributed by atoms with Crippen molar-refractivity contribution in [2.75, 3.05) is 18.4 Å². The van der Waals surface area contributed by atoms with E-state index in [0.29, 0.717) is 6.04 Å². The highest BCUT2D eigenvalue weighted by atomic mass is 15.1. The normalized spacial score (nSPS) is 13.9. The van der Waals surface area contributed by atoms with Crippen molar-refractivity contribution in [3.8, 4) is 0 Å². The molecule has 1 N–H and O–H groups in total. The predicted molar refractivity (Wildman–Crippen MR) is 83.7 cm³/mol. The summed E-state index contributed by atoms with van der Waals surface area (Å²) >= 11 is 0. The van der Waals surface area contributed by atoms with E-state index in [1.807, 2.05) is 0 Å². The Bertz CT molecular complexity index is 398. The molecule has 106 valence electrons. The number of benzene rings is 1. The van der Waals surface area contributed by atoms with Crippen LogP contribution < -0.4 is 5.32 Å². The summed E-state index contributed by atoms with van der Waals surface area (Å²) in [6, 6.07) is 7.38. The predicted octanol–water partition coefficient (Wildman–Crippen LogP) is 4.06. The minimum Gasteiger partial charge on any atom is -0.384 e. The van der Waals surface area contributed by atoms with E-state index in [-0.39, 0.29) is 0 Å². The van der Waals surface area contributed by atoms with Gasteiger partial charge in [-0.2, -0.15) is 0 Å². The zero-order valence-electron chi connectivity index (χ0n) is 12.7. The summed E-state index contributed by atoms with van der Waals surface area (Å²) < 4.78 is 0. The number of unbranched alkanes of at least 4 members (excludes halogenated alkanes) is 2. The Labute approximate surface area is 118 Å². The Morgan fingerprint density at radius 2 is 2.11 bits per heavy atom. The molecule has 1 heterocycles. The molecule has 0 saturated carbocycles. The lowest BCUT2D eigenvalue weighted by molar-refractivity contribution is 0.209. The van der Waals surface area contributed by atoms with Crippen LogP contribution in [0.15, 0.2) is 18.2 Å². The van der Waals surface area contributed by atoms with Crippen molar-refractivity contribution < 1.29 is 0 Å². The smallest absolute Gasteiger partial charge is 0.0419 e. The van der Waals surface area contributed by atoms with Gasteiger partial charge in [0.05, 0.1) is 0 Å². The van der Waals surface area contributed by atoms with Gasteiger partial charge in [-0.15, -0.1) is 0 Å². The quantitative estimate of drug-likeness (QED) is 0.744. The molecule has 1 aromatic rings. The molecule has 2 rings (SSSR count). The summed E-state index contributed by atoms with van der Waals surface area (Å²) in [5.41, 5.74) is 4.37. The third-order valence-corrected chi connectivity index (χ3v) is 4.09. The van der Waals surface area contributed by atoms with Gasteiger partial charge in [0.15, 0.2) is 0 Å². The molecule has 0 spiro atoms. The van der Waals surface area contributed by atoms with Gasteiger partial charge < -0.3 is 5.32 Å². The van der Waals surface area contributed by atoms with E-state index >= 15 is 0 Å². The summed E-state index contributed by atoms with van der Waals surface area (Å²) in [7, 11) is 0. The number of hydrogen-bond acceptors (Lipinski definition) is 2. The van der Waals surface area contributed by atoms with Crippen LogP contribution in [0.1, 0.15) is 51.2 Å². The summed E-state index contributed by atoms with van der Waals surface area (Å²) in [5.74, 6) is 0. The lowest BCUT2D eigenvalue weighted by Crippen LogP contribution is -2.31. The van der Waals surface area contributed by atoms with Crippen molar-refractivity contribution in [2.45, 2.75) is 59.0 Å². The maximum Gasteiger partial charge on any atom is 0.0419 e. The lowest BCUT2D eigenvalue weighted by atomic mass is 10.1. The van der Waals surface area contributed by atoms with Gasteiger partial charge in [0.1, 0.15) is 0 Å². The van der Waals surface area contributed by atoms with Crippen molar-refractivity contribution >= 4 is 5.69 Å². The van der Waals surface area contributed by atoms with Gasteiger partial charge in [0.2, 0.25) is 0 Å². The van der Waals surface area contributed by atoms with E-state index in [1.54, 1.807) is 0 Å². The molecule has 0 aromatic heterocycles. The van der Waals surface area contributed by atoms with Crippen LogP contribution in [0.2, 0.25) is 0 Å². The number of anilines is 1. The summed E-state index contributed by atoms with van der Waals surface area (Å²) in [4.78, 5) is 2.60. The van der Waals surface area contributed by atoms with E-state index < -0.39 is 0 Å². The monoisotopic (exact) mass is 260 g/mol. The standard InChI is InChI=1S/C17H28N2/c1-4-5-6-12-19(14(2)3)13-16-9-7-8-15-10-11-18-17(15)16/h7-9,14,18H,4-6,10-13H2,1-3H3. The fourth-order valence-electron chi connectivity index (χ4n) is 2.85. The van der Waals surface area contributed by atoms with Crippen LogP contribution in [-0.4, -0.2) is 24.0 Å². The number of rotatable bonds is 7. The number of nitrogens with zero attached hydrogens (tertiary/aromatic N) is 1. The van der Waals surface area contributed by atoms with Crippen LogP contribution >= 0.6 is 0 Å². The van der Waals surface area contributed by atoms with E-state index in [9.17, 15) is 0 Å². The molecule has 0 amide bonds. The van der Waals surface area contributed by atoms with Crippen LogP contribution in [0.4, 0.5) is 5.69 Å². The Morgan fingerprint density at radius 1 is 1.26 bits per heavy atom. The second-order valence-corrected chi connectivity index (χ2v) is 5.90. The molecule has 0 aliphatic carbocycles. The minimum atomic E-state index is 0.620. The zero-order chi connectivity index (χ0) is 13.7. The van der Waals surface area contributed by atoms with E-state index in [0.717, 1.165) is 13.1 Å². The molecule has 19 heavy (non-hydrogen) atoms. The van der Waals surface area contributed by atoms with E-state index in [4.69, 9.17) is 0 Å². The van der Waals surface area contributed by atoms with Crippen molar-refractivity contribution in [1.82, 2.24) is 4.90 Å². The molecule has 1 aliphatic rings. The molecule has 0 unspecified atom stereocenters. The second kappa shape index (κ2) is 6.95. The first-order valence-corrected chi connectivity index (χ1v) is 7.81. The first-order chi connectivity index (χ1) is 9.22. The topological polar surface area (TPSA) is 15.3 Å². The van der Waals surface area contributed by atoms with Crippen LogP contribution in [0.25, 0.3) is 0 Å². The van der Waals surface area contributed by atoms with Crippen molar-refractivity contribution in [3.05, 3.63) is 29.3 Å². The second-order valence-electron chi connectivity index (χ2n) is 5.90. The third-order valence-electron chi connectivity index (χ3n) is 4.09. The van der Waals surface area contributed by atoms with Crippen LogP contribution in [0.5, 0.6) is 0 Å². The SMILES string of the molecule is CCCCCN(Cc1cccc2c1NCC2)C(C)C. The average Bonchev–Trinajstić information content (AvgIpc) is 2.86. The lowest BCUT2D eigenvalue weighted by Gasteiger charge is -2.27. The molecule has 0 fully saturated rings. The highest BCUT2D eigenvalue weighted by Gasteiger charge is 2.17. The number of para-hydroxylation sites is 1. The van der Waals surface area contributed by atoms with Crippen molar-refractivity contribution in [1.29, 1.82) is 0 Å². The van der Waals surface area contributed by atoms with Gasteiger partial charge in [0, 0.05) is 24.8 Å². The Balaban J connectivity index is 2.03. The van der Waals surface area contributed by atoms with Gasteiger partial charge in [-0.1, -0.05) is 38.0 Å². The zero-order valence-corrected chi connectivity index (χ0v) is 12.7. The summed E-state index contributed by atoms with van der Waals surface area (Å²) in [5, 5.41) is 3.55. The molecular formula is C17H28N2. The summed E-state index contributed by atoms with van der Waals surface area (Å²) in [6.45, 7) is 10.3. The Kier molecular flexibility index (Phi) is 5.26. The average molecular weight is 260 g/mol. The summed E-state index contributed by atoms with van der Waals surface area (Å²) in [6.07, 6.45) is 5.14. The molecule has 0 radical (unpaired) electrons. The molecule has 0 bridgehead atoms. The Hall–Kier alpha value is -1.02.